The molecule has 2 N–H and O–H groups in total. The van der Waals surface area contributed by atoms with Crippen molar-refractivity contribution in [3.63, 3.8) is 0 Å². The Morgan fingerprint density at radius 3 is 2.38 bits per heavy atom. The van der Waals surface area contributed by atoms with Crippen LogP contribution in [0.25, 0.3) is 0 Å². The molecule has 5 heteroatoms. The highest BCUT2D eigenvalue weighted by Crippen LogP contribution is 2.18. The van der Waals surface area contributed by atoms with Crippen molar-refractivity contribution in [1.29, 1.82) is 0 Å². The number of aliphatic hydroxyl groups excluding tert-OH is 2. The molecule has 0 aromatic heterocycles. The van der Waals surface area contributed by atoms with E-state index >= 15 is 0 Å². The van der Waals surface area contributed by atoms with Crippen molar-refractivity contribution in [3.8, 4) is 0 Å². The number of rotatable bonds is 2. The summed E-state index contributed by atoms with van der Waals surface area (Å²) in [7, 11) is 5.10. The Hall–Kier alpha value is -0.200. The number of likely N-dealkylation sites (N-methyl/N-ethyl adjacent to an activating group) is 1. The predicted octanol–water partition coefficient (Wildman–Crippen LogP) is -1.36. The quantitative estimate of drug-likeness (QED) is 0.564. The first kappa shape index (κ1) is 10.9. The molecule has 1 aliphatic rings. The molecule has 1 heterocycles. The van der Waals surface area contributed by atoms with Crippen molar-refractivity contribution in [3.05, 3.63) is 0 Å². The van der Waals surface area contributed by atoms with Gasteiger partial charge in [-0.1, -0.05) is 0 Å². The Kier molecular flexibility index (Phi) is 3.63. The zero-order valence-electron chi connectivity index (χ0n) is 8.17. The highest BCUT2D eigenvalue weighted by molar-refractivity contribution is 4.87. The van der Waals surface area contributed by atoms with E-state index in [0.29, 0.717) is 6.61 Å². The van der Waals surface area contributed by atoms with E-state index in [4.69, 9.17) is 9.47 Å². The van der Waals surface area contributed by atoms with Crippen LogP contribution in [0.4, 0.5) is 0 Å². The van der Waals surface area contributed by atoms with E-state index in [2.05, 4.69) is 0 Å². The molecule has 0 amide bonds. The molecule has 0 aromatic carbocycles. The monoisotopic (exact) mass is 191 g/mol. The van der Waals surface area contributed by atoms with E-state index in [0.717, 1.165) is 0 Å². The third-order valence-electron chi connectivity index (χ3n) is 2.35. The van der Waals surface area contributed by atoms with Crippen LogP contribution in [-0.2, 0) is 9.47 Å². The molecule has 0 aromatic rings. The summed E-state index contributed by atoms with van der Waals surface area (Å²) in [5.74, 6) is 0. The standard InChI is InChI=1S/C8H17NO4/c1-9(2)5-4-13-8(12-3)7(11)6(5)10/h5-8,10-11H,4H2,1-3H3/t5-,6+,7+,8+/m1/s1. The summed E-state index contributed by atoms with van der Waals surface area (Å²) in [5.41, 5.74) is 0. The molecule has 5 nitrogen and oxygen atoms in total. The summed E-state index contributed by atoms with van der Waals surface area (Å²) in [6.07, 6.45) is -2.52. The second-order valence-corrected chi connectivity index (χ2v) is 3.45. The summed E-state index contributed by atoms with van der Waals surface area (Å²) >= 11 is 0. The molecule has 78 valence electrons. The van der Waals surface area contributed by atoms with Crippen LogP contribution in [0.3, 0.4) is 0 Å². The van der Waals surface area contributed by atoms with Crippen LogP contribution in [0.5, 0.6) is 0 Å². The summed E-state index contributed by atoms with van der Waals surface area (Å²) in [6, 6.07) is -0.179. The first-order valence-corrected chi connectivity index (χ1v) is 4.25. The molecule has 0 radical (unpaired) electrons. The summed E-state index contributed by atoms with van der Waals surface area (Å²) in [6.45, 7) is 0.365. The molecule has 13 heavy (non-hydrogen) atoms. The molecular weight excluding hydrogens is 174 g/mol. The van der Waals surface area contributed by atoms with Crippen molar-refractivity contribution in [2.75, 3.05) is 27.8 Å². The number of hydrogen-bond donors (Lipinski definition) is 2. The van der Waals surface area contributed by atoms with Crippen molar-refractivity contribution in [2.45, 2.75) is 24.5 Å². The molecule has 0 unspecified atom stereocenters. The van der Waals surface area contributed by atoms with Gasteiger partial charge < -0.3 is 24.6 Å². The molecule has 1 rings (SSSR count). The second-order valence-electron chi connectivity index (χ2n) is 3.45. The summed E-state index contributed by atoms with van der Waals surface area (Å²) in [5, 5.41) is 19.2. The number of nitrogens with zero attached hydrogens (tertiary/aromatic N) is 1. The smallest absolute Gasteiger partial charge is 0.185 e. The van der Waals surface area contributed by atoms with Crippen molar-refractivity contribution >= 4 is 0 Å². The van der Waals surface area contributed by atoms with Gasteiger partial charge in [-0.15, -0.1) is 0 Å². The van der Waals surface area contributed by atoms with Crippen LogP contribution in [0.1, 0.15) is 0 Å². The van der Waals surface area contributed by atoms with Crippen molar-refractivity contribution in [1.82, 2.24) is 4.90 Å². The van der Waals surface area contributed by atoms with E-state index in [-0.39, 0.29) is 6.04 Å². The lowest BCUT2D eigenvalue weighted by atomic mass is 10.0. The van der Waals surface area contributed by atoms with Gasteiger partial charge >= 0.3 is 0 Å². The molecular formula is C8H17NO4. The lowest BCUT2D eigenvalue weighted by molar-refractivity contribution is -0.249. The Bertz CT molecular complexity index is 164. The second kappa shape index (κ2) is 4.34. The van der Waals surface area contributed by atoms with Crippen molar-refractivity contribution < 1.29 is 19.7 Å². The van der Waals surface area contributed by atoms with Gasteiger partial charge in [0.2, 0.25) is 0 Å². The van der Waals surface area contributed by atoms with Gasteiger partial charge in [0, 0.05) is 7.11 Å². The Morgan fingerprint density at radius 2 is 1.92 bits per heavy atom. The molecule has 0 aliphatic carbocycles. The number of methoxy groups -OCH3 is 1. The van der Waals surface area contributed by atoms with Crippen LogP contribution in [-0.4, -0.2) is 67.5 Å². The van der Waals surface area contributed by atoms with E-state index in [9.17, 15) is 10.2 Å². The fraction of sp³-hybridized carbons (Fsp3) is 1.00. The SMILES string of the molecule is CO[C@H]1OC[C@@H](N(C)C)[C@H](O)[C@@H]1O. The molecule has 4 atom stereocenters. The lowest BCUT2D eigenvalue weighted by Gasteiger charge is -2.39. The van der Waals surface area contributed by atoms with Crippen LogP contribution < -0.4 is 0 Å². The van der Waals surface area contributed by atoms with Gasteiger partial charge in [0.25, 0.3) is 0 Å². The normalized spacial score (nSPS) is 41.1. The van der Waals surface area contributed by atoms with Gasteiger partial charge in [-0.05, 0) is 14.1 Å². The Labute approximate surface area is 77.9 Å². The molecule has 0 bridgehead atoms. The van der Waals surface area contributed by atoms with E-state index in [1.165, 1.54) is 7.11 Å². The summed E-state index contributed by atoms with van der Waals surface area (Å²) < 4.78 is 10.1. The van der Waals surface area contributed by atoms with Gasteiger partial charge in [-0.2, -0.15) is 0 Å². The number of aliphatic hydroxyl groups is 2. The van der Waals surface area contributed by atoms with Crippen LogP contribution in [0.2, 0.25) is 0 Å². The number of ether oxygens (including phenoxy) is 2. The van der Waals surface area contributed by atoms with Crippen LogP contribution >= 0.6 is 0 Å². The fourth-order valence-electron chi connectivity index (χ4n) is 1.44. The Morgan fingerprint density at radius 1 is 1.31 bits per heavy atom. The van der Waals surface area contributed by atoms with Crippen molar-refractivity contribution in [2.24, 2.45) is 0 Å². The minimum atomic E-state index is -0.980. The van der Waals surface area contributed by atoms with Gasteiger partial charge in [0.15, 0.2) is 6.29 Å². The van der Waals surface area contributed by atoms with Gasteiger partial charge in [0.1, 0.15) is 12.2 Å². The topological polar surface area (TPSA) is 62.2 Å². The minimum absolute atomic E-state index is 0.179. The highest BCUT2D eigenvalue weighted by Gasteiger charge is 2.39. The van der Waals surface area contributed by atoms with Gasteiger partial charge in [0.05, 0.1) is 12.6 Å². The first-order chi connectivity index (χ1) is 6.07. The largest absolute Gasteiger partial charge is 0.388 e. The highest BCUT2D eigenvalue weighted by atomic mass is 16.7. The third kappa shape index (κ3) is 2.18. The van der Waals surface area contributed by atoms with Gasteiger partial charge in [-0.25, -0.2) is 0 Å². The fourth-order valence-corrected chi connectivity index (χ4v) is 1.44. The zero-order valence-corrected chi connectivity index (χ0v) is 8.17. The molecule has 1 fully saturated rings. The lowest BCUT2D eigenvalue weighted by Crippen LogP contribution is -2.58. The zero-order chi connectivity index (χ0) is 10.0. The van der Waals surface area contributed by atoms with Crippen LogP contribution in [0, 0.1) is 0 Å². The maximum absolute atomic E-state index is 9.66. The Balaban J connectivity index is 2.59. The first-order valence-electron chi connectivity index (χ1n) is 4.25. The van der Waals surface area contributed by atoms with Gasteiger partial charge in [-0.3, -0.25) is 0 Å². The third-order valence-corrected chi connectivity index (χ3v) is 2.35. The van der Waals surface area contributed by atoms with Crippen LogP contribution in [0.15, 0.2) is 0 Å². The maximum atomic E-state index is 9.66. The average Bonchev–Trinajstić information content (AvgIpc) is 2.09. The molecule has 1 saturated heterocycles. The number of hydrogen-bond acceptors (Lipinski definition) is 5. The summed E-state index contributed by atoms with van der Waals surface area (Å²) in [4.78, 5) is 1.82. The van der Waals surface area contributed by atoms with E-state index in [1.807, 2.05) is 19.0 Å². The average molecular weight is 191 g/mol. The molecule has 0 spiro atoms. The molecule has 1 aliphatic heterocycles. The van der Waals surface area contributed by atoms with E-state index in [1.54, 1.807) is 0 Å². The molecule has 0 saturated carbocycles. The minimum Gasteiger partial charge on any atom is -0.388 e. The predicted molar refractivity (Wildman–Crippen MR) is 46.2 cm³/mol. The maximum Gasteiger partial charge on any atom is 0.185 e. The van der Waals surface area contributed by atoms with E-state index < -0.39 is 18.5 Å².